The highest BCUT2D eigenvalue weighted by molar-refractivity contribution is 7.99. The van der Waals surface area contributed by atoms with Crippen LogP contribution >= 0.6 is 11.8 Å². The van der Waals surface area contributed by atoms with Gasteiger partial charge in [-0.2, -0.15) is 0 Å². The van der Waals surface area contributed by atoms with Gasteiger partial charge >= 0.3 is 0 Å². The Labute approximate surface area is 106 Å². The number of hydrogen-bond acceptors (Lipinski definition) is 6. The molecule has 0 aliphatic rings. The summed E-state index contributed by atoms with van der Waals surface area (Å²) >= 11 is 0.941. The third-order valence-corrected chi connectivity index (χ3v) is 3.29. The zero-order valence-electron chi connectivity index (χ0n) is 9.61. The molecule has 0 saturated heterocycles. The number of nitrogens with zero attached hydrogens (tertiary/aromatic N) is 4. The lowest BCUT2D eigenvalue weighted by atomic mass is 10.4. The lowest BCUT2D eigenvalue weighted by Gasteiger charge is -2.06. The highest BCUT2D eigenvalue weighted by atomic mass is 32.2. The Hall–Kier alpha value is -1.74. The molecule has 0 aliphatic carbocycles. The highest BCUT2D eigenvalue weighted by Gasteiger charge is 2.15. The number of hydrazine groups is 1. The van der Waals surface area contributed by atoms with E-state index in [1.165, 1.54) is 0 Å². The molecule has 0 unspecified atom stereocenters. The van der Waals surface area contributed by atoms with E-state index in [9.17, 15) is 8.78 Å². The molecule has 0 bridgehead atoms. The standard InChI is InChI=1S/C9H10F2N6S/c1-4-15-16-9(17(4)2)18-8-6(11)3-5(10)7(13-8)14-12/h3H,12H2,1-2H3,(H,13,14). The van der Waals surface area contributed by atoms with Crippen molar-refractivity contribution >= 4 is 17.6 Å². The normalized spacial score (nSPS) is 10.7. The van der Waals surface area contributed by atoms with E-state index in [0.717, 1.165) is 11.8 Å². The summed E-state index contributed by atoms with van der Waals surface area (Å²) in [5, 5.41) is 8.11. The summed E-state index contributed by atoms with van der Waals surface area (Å²) in [6, 6.07) is 0.716. The summed E-state index contributed by atoms with van der Waals surface area (Å²) in [5.41, 5.74) is 2.06. The predicted molar refractivity (Wildman–Crippen MR) is 61.8 cm³/mol. The molecule has 0 saturated carbocycles. The Morgan fingerprint density at radius 3 is 2.61 bits per heavy atom. The number of anilines is 1. The van der Waals surface area contributed by atoms with Gasteiger partial charge in [0.1, 0.15) is 10.9 Å². The third-order valence-electron chi connectivity index (χ3n) is 2.27. The number of pyridine rings is 1. The Kier molecular flexibility index (Phi) is 3.43. The van der Waals surface area contributed by atoms with Crippen molar-refractivity contribution in [3.63, 3.8) is 0 Å². The van der Waals surface area contributed by atoms with E-state index in [1.54, 1.807) is 18.5 Å². The summed E-state index contributed by atoms with van der Waals surface area (Å²) in [7, 11) is 1.74. The summed E-state index contributed by atoms with van der Waals surface area (Å²) in [6.07, 6.45) is 0. The van der Waals surface area contributed by atoms with E-state index in [2.05, 4.69) is 20.6 Å². The van der Waals surface area contributed by atoms with Crippen molar-refractivity contribution in [3.05, 3.63) is 23.5 Å². The monoisotopic (exact) mass is 272 g/mol. The zero-order valence-corrected chi connectivity index (χ0v) is 10.4. The number of hydrogen-bond donors (Lipinski definition) is 2. The molecule has 3 N–H and O–H groups in total. The molecule has 0 spiro atoms. The van der Waals surface area contributed by atoms with Crippen LogP contribution < -0.4 is 11.3 Å². The van der Waals surface area contributed by atoms with Gasteiger partial charge in [0.05, 0.1) is 0 Å². The topological polar surface area (TPSA) is 81.7 Å². The SMILES string of the molecule is Cc1nnc(Sc2nc(NN)c(F)cc2F)n1C. The number of nitrogens with one attached hydrogen (secondary N) is 1. The fourth-order valence-electron chi connectivity index (χ4n) is 1.19. The average Bonchev–Trinajstić information content (AvgIpc) is 2.64. The van der Waals surface area contributed by atoms with Gasteiger partial charge in [0.15, 0.2) is 22.6 Å². The number of rotatable bonds is 3. The van der Waals surface area contributed by atoms with Gasteiger partial charge in [0, 0.05) is 13.1 Å². The smallest absolute Gasteiger partial charge is 0.197 e. The molecule has 96 valence electrons. The van der Waals surface area contributed by atoms with Gasteiger partial charge < -0.3 is 9.99 Å². The van der Waals surface area contributed by atoms with Crippen LogP contribution in [0, 0.1) is 18.6 Å². The molecule has 9 heteroatoms. The maximum atomic E-state index is 13.5. The first-order valence-corrected chi connectivity index (χ1v) is 5.71. The van der Waals surface area contributed by atoms with E-state index >= 15 is 0 Å². The molecule has 2 heterocycles. The summed E-state index contributed by atoms with van der Waals surface area (Å²) in [5.74, 6) is 3.90. The molecular weight excluding hydrogens is 262 g/mol. The van der Waals surface area contributed by atoms with Crippen molar-refractivity contribution in [1.82, 2.24) is 19.7 Å². The van der Waals surface area contributed by atoms with E-state index in [-0.39, 0.29) is 10.8 Å². The van der Waals surface area contributed by atoms with Crippen LogP contribution in [0.3, 0.4) is 0 Å². The molecule has 6 nitrogen and oxygen atoms in total. The highest BCUT2D eigenvalue weighted by Crippen LogP contribution is 2.28. The van der Waals surface area contributed by atoms with Gasteiger partial charge in [0.2, 0.25) is 0 Å². The van der Waals surface area contributed by atoms with Gasteiger partial charge in [-0.3, -0.25) is 0 Å². The Bertz CT molecular complexity index is 585. The first kappa shape index (κ1) is 12.7. The molecule has 0 amide bonds. The lowest BCUT2D eigenvalue weighted by Crippen LogP contribution is -2.11. The fourth-order valence-corrected chi connectivity index (χ4v) is 2.00. The molecule has 2 aromatic heterocycles. The number of aromatic nitrogens is 4. The molecule has 2 aromatic rings. The molecule has 0 fully saturated rings. The molecule has 18 heavy (non-hydrogen) atoms. The van der Waals surface area contributed by atoms with Crippen LogP contribution in [-0.4, -0.2) is 19.7 Å². The van der Waals surface area contributed by atoms with Gasteiger partial charge in [-0.25, -0.2) is 19.6 Å². The van der Waals surface area contributed by atoms with E-state index < -0.39 is 11.6 Å². The Balaban J connectivity index is 2.37. The first-order chi connectivity index (χ1) is 8.52. The van der Waals surface area contributed by atoms with Crippen molar-refractivity contribution in [2.45, 2.75) is 17.1 Å². The van der Waals surface area contributed by atoms with Crippen LogP contribution in [0.1, 0.15) is 5.82 Å². The van der Waals surface area contributed by atoms with Crippen LogP contribution in [0.25, 0.3) is 0 Å². The Morgan fingerprint density at radius 1 is 1.33 bits per heavy atom. The third kappa shape index (κ3) is 2.27. The minimum atomic E-state index is -0.853. The quantitative estimate of drug-likeness (QED) is 0.646. The summed E-state index contributed by atoms with van der Waals surface area (Å²) in [6.45, 7) is 1.76. The fraction of sp³-hybridized carbons (Fsp3) is 0.222. The van der Waals surface area contributed by atoms with E-state index in [1.807, 2.05) is 0 Å². The second-order valence-corrected chi connectivity index (χ2v) is 4.40. The zero-order chi connectivity index (χ0) is 13.3. The predicted octanol–water partition coefficient (Wildman–Crippen LogP) is 1.23. The first-order valence-electron chi connectivity index (χ1n) is 4.89. The van der Waals surface area contributed by atoms with E-state index in [0.29, 0.717) is 17.0 Å². The van der Waals surface area contributed by atoms with Crippen molar-refractivity contribution in [3.8, 4) is 0 Å². The maximum absolute atomic E-state index is 13.5. The number of halogens is 2. The number of nitrogens with two attached hydrogens (primary N) is 1. The van der Waals surface area contributed by atoms with Crippen LogP contribution in [0.2, 0.25) is 0 Å². The van der Waals surface area contributed by atoms with Crippen molar-refractivity contribution < 1.29 is 8.78 Å². The van der Waals surface area contributed by atoms with Crippen LogP contribution in [-0.2, 0) is 7.05 Å². The van der Waals surface area contributed by atoms with Crippen LogP contribution in [0.4, 0.5) is 14.6 Å². The molecule has 0 atom stereocenters. The second kappa shape index (κ2) is 4.86. The second-order valence-electron chi connectivity index (χ2n) is 3.44. The van der Waals surface area contributed by atoms with Gasteiger partial charge in [-0.15, -0.1) is 10.2 Å². The summed E-state index contributed by atoms with van der Waals surface area (Å²) in [4.78, 5) is 3.73. The van der Waals surface area contributed by atoms with Gasteiger partial charge in [-0.1, -0.05) is 0 Å². The average molecular weight is 272 g/mol. The maximum Gasteiger partial charge on any atom is 0.197 e. The minimum absolute atomic E-state index is 0.0279. The molecular formula is C9H10F2N6S. The van der Waals surface area contributed by atoms with E-state index in [4.69, 9.17) is 5.84 Å². The van der Waals surface area contributed by atoms with Crippen molar-refractivity contribution in [2.75, 3.05) is 5.43 Å². The molecule has 2 rings (SSSR count). The van der Waals surface area contributed by atoms with Crippen molar-refractivity contribution in [1.29, 1.82) is 0 Å². The largest absolute Gasteiger partial charge is 0.309 e. The van der Waals surface area contributed by atoms with Crippen molar-refractivity contribution in [2.24, 2.45) is 12.9 Å². The number of aryl methyl sites for hydroxylation is 1. The Morgan fingerprint density at radius 2 is 2.06 bits per heavy atom. The van der Waals surface area contributed by atoms with Crippen LogP contribution in [0.5, 0.6) is 0 Å². The minimum Gasteiger partial charge on any atom is -0.309 e. The molecule has 0 aromatic carbocycles. The van der Waals surface area contributed by atoms with Gasteiger partial charge in [-0.05, 0) is 18.7 Å². The lowest BCUT2D eigenvalue weighted by molar-refractivity contribution is 0.550. The summed E-state index contributed by atoms with van der Waals surface area (Å²) < 4.78 is 28.4. The van der Waals surface area contributed by atoms with Gasteiger partial charge in [0.25, 0.3) is 0 Å². The molecule has 0 aliphatic heterocycles. The number of nitrogen functional groups attached to an aromatic ring is 1. The van der Waals surface area contributed by atoms with Crippen LogP contribution in [0.15, 0.2) is 16.2 Å². The molecule has 0 radical (unpaired) electrons.